The molecular weight excluding hydrogens is 442 g/mol. The fraction of sp³-hybridized carbons (Fsp3) is 0.167. The van der Waals surface area contributed by atoms with Crippen molar-refractivity contribution in [3.8, 4) is 0 Å². The Morgan fingerprint density at radius 1 is 1.00 bits per heavy atom. The van der Waals surface area contributed by atoms with Gasteiger partial charge in [0.25, 0.3) is 5.91 Å². The Morgan fingerprint density at radius 2 is 1.66 bits per heavy atom. The van der Waals surface area contributed by atoms with Crippen LogP contribution in [-0.2, 0) is 16.2 Å². The fourth-order valence-electron chi connectivity index (χ4n) is 2.86. The van der Waals surface area contributed by atoms with E-state index in [-0.39, 0.29) is 5.91 Å². The Labute approximate surface area is 195 Å². The molecule has 1 atom stereocenters. The SMILES string of the molecule is Cc1ccc(N[S+]([O-])c2ccc(NC(=O)c3ccc(SC(C)C)c(NC=O)c3)cc2)cc1. The van der Waals surface area contributed by atoms with Gasteiger partial charge in [-0.1, -0.05) is 31.5 Å². The molecule has 0 aliphatic carbocycles. The lowest BCUT2D eigenvalue weighted by molar-refractivity contribution is -0.105. The first-order chi connectivity index (χ1) is 15.4. The minimum atomic E-state index is -1.42. The van der Waals surface area contributed by atoms with Gasteiger partial charge in [-0.3, -0.25) is 9.59 Å². The van der Waals surface area contributed by atoms with Crippen LogP contribution in [-0.4, -0.2) is 22.1 Å². The predicted molar refractivity (Wildman–Crippen MR) is 133 cm³/mol. The third-order valence-corrected chi connectivity index (χ3v) is 6.61. The van der Waals surface area contributed by atoms with Crippen molar-refractivity contribution in [1.29, 1.82) is 0 Å². The lowest BCUT2D eigenvalue weighted by Gasteiger charge is -2.13. The van der Waals surface area contributed by atoms with Crippen molar-refractivity contribution in [2.75, 3.05) is 15.4 Å². The quantitative estimate of drug-likeness (QED) is 0.221. The molecule has 3 rings (SSSR count). The van der Waals surface area contributed by atoms with Crippen molar-refractivity contribution in [3.63, 3.8) is 0 Å². The van der Waals surface area contributed by atoms with Crippen LogP contribution in [0, 0.1) is 6.92 Å². The van der Waals surface area contributed by atoms with E-state index in [1.165, 1.54) is 0 Å². The largest absolute Gasteiger partial charge is 0.588 e. The van der Waals surface area contributed by atoms with E-state index >= 15 is 0 Å². The van der Waals surface area contributed by atoms with E-state index in [1.807, 2.05) is 37.3 Å². The summed E-state index contributed by atoms with van der Waals surface area (Å²) in [5, 5.41) is 5.83. The van der Waals surface area contributed by atoms with E-state index in [0.29, 0.717) is 33.5 Å². The van der Waals surface area contributed by atoms with Gasteiger partial charge in [-0.2, -0.15) is 0 Å². The third-order valence-electron chi connectivity index (χ3n) is 4.41. The number of anilines is 3. The van der Waals surface area contributed by atoms with Gasteiger partial charge in [-0.15, -0.1) is 11.8 Å². The van der Waals surface area contributed by atoms with Crippen molar-refractivity contribution in [2.45, 2.75) is 35.8 Å². The van der Waals surface area contributed by atoms with E-state index in [2.05, 4.69) is 29.2 Å². The maximum absolute atomic E-state index is 12.7. The molecule has 32 heavy (non-hydrogen) atoms. The van der Waals surface area contributed by atoms with Crippen LogP contribution in [0.4, 0.5) is 17.1 Å². The molecule has 2 amide bonds. The van der Waals surface area contributed by atoms with Crippen molar-refractivity contribution in [1.82, 2.24) is 0 Å². The van der Waals surface area contributed by atoms with Crippen LogP contribution in [0.1, 0.15) is 29.8 Å². The fourth-order valence-corrected chi connectivity index (χ4v) is 4.61. The number of benzene rings is 3. The predicted octanol–water partition coefficient (Wildman–Crippen LogP) is 5.45. The second-order valence-electron chi connectivity index (χ2n) is 7.36. The van der Waals surface area contributed by atoms with Crippen molar-refractivity contribution in [2.24, 2.45) is 0 Å². The first kappa shape index (κ1) is 23.7. The zero-order valence-electron chi connectivity index (χ0n) is 18.0. The van der Waals surface area contributed by atoms with Crippen LogP contribution >= 0.6 is 11.8 Å². The number of nitrogens with one attached hydrogen (secondary N) is 3. The first-order valence-electron chi connectivity index (χ1n) is 10.0. The highest BCUT2D eigenvalue weighted by Gasteiger charge is 2.14. The number of hydrogen-bond acceptors (Lipinski definition) is 5. The van der Waals surface area contributed by atoms with Crippen LogP contribution in [0.25, 0.3) is 0 Å². The molecule has 0 saturated heterocycles. The molecule has 3 aromatic carbocycles. The number of amides is 2. The second-order valence-corrected chi connectivity index (χ2v) is 10.2. The molecule has 0 aliphatic rings. The summed E-state index contributed by atoms with van der Waals surface area (Å²) in [6.07, 6.45) is 0.602. The van der Waals surface area contributed by atoms with E-state index < -0.39 is 11.4 Å². The molecule has 0 heterocycles. The smallest absolute Gasteiger partial charge is 0.255 e. The van der Waals surface area contributed by atoms with Gasteiger partial charge < -0.3 is 15.2 Å². The number of aryl methyl sites for hydroxylation is 1. The Kier molecular flexibility index (Phi) is 8.21. The molecule has 6 nitrogen and oxygen atoms in total. The molecule has 3 N–H and O–H groups in total. The van der Waals surface area contributed by atoms with E-state index in [9.17, 15) is 14.1 Å². The van der Waals surface area contributed by atoms with Gasteiger partial charge in [0.1, 0.15) is 11.4 Å². The van der Waals surface area contributed by atoms with E-state index in [0.717, 1.165) is 16.1 Å². The summed E-state index contributed by atoms with van der Waals surface area (Å²) in [6, 6.07) is 19.7. The minimum absolute atomic E-state index is 0.299. The minimum Gasteiger partial charge on any atom is -0.588 e. The van der Waals surface area contributed by atoms with Crippen LogP contribution < -0.4 is 15.4 Å². The molecule has 0 fully saturated rings. The lowest BCUT2D eigenvalue weighted by atomic mass is 10.2. The summed E-state index contributed by atoms with van der Waals surface area (Å²) in [7, 11) is 0. The first-order valence-corrected chi connectivity index (χ1v) is 12.1. The van der Waals surface area contributed by atoms with Gasteiger partial charge in [0, 0.05) is 21.4 Å². The number of rotatable bonds is 9. The van der Waals surface area contributed by atoms with Gasteiger partial charge in [0.15, 0.2) is 4.90 Å². The van der Waals surface area contributed by atoms with Gasteiger partial charge in [-0.05, 0) is 61.5 Å². The standard InChI is InChI=1S/C24H25N3O3S2/c1-16(2)31-23-13-6-18(14-22(23)25-15-28)24(29)26-19-9-11-21(12-10-19)32(30)27-20-7-4-17(3)5-8-20/h4-16,27H,1-3H3,(H,25,28)(H,26,29). The lowest BCUT2D eigenvalue weighted by Crippen LogP contribution is -2.14. The molecule has 3 aromatic rings. The van der Waals surface area contributed by atoms with Gasteiger partial charge in [0.05, 0.1) is 11.4 Å². The molecule has 0 aliphatic heterocycles. The molecule has 0 bridgehead atoms. The summed E-state index contributed by atoms with van der Waals surface area (Å²) in [5.74, 6) is -0.299. The number of carbonyl (C=O) groups is 2. The average Bonchev–Trinajstić information content (AvgIpc) is 2.77. The van der Waals surface area contributed by atoms with Gasteiger partial charge in [-0.25, -0.2) is 4.72 Å². The number of carbonyl (C=O) groups excluding carboxylic acids is 2. The molecule has 0 aromatic heterocycles. The Hall–Kier alpha value is -2.94. The Balaban J connectivity index is 1.66. The molecule has 0 saturated carbocycles. The van der Waals surface area contributed by atoms with Gasteiger partial charge in [0.2, 0.25) is 6.41 Å². The van der Waals surface area contributed by atoms with E-state index in [4.69, 9.17) is 0 Å². The van der Waals surface area contributed by atoms with Crippen molar-refractivity contribution >= 4 is 52.5 Å². The van der Waals surface area contributed by atoms with Gasteiger partial charge >= 0.3 is 0 Å². The molecule has 0 radical (unpaired) electrons. The van der Waals surface area contributed by atoms with E-state index in [1.54, 1.807) is 48.2 Å². The average molecular weight is 468 g/mol. The Bertz CT molecular complexity index is 1070. The second kappa shape index (κ2) is 11.1. The zero-order valence-corrected chi connectivity index (χ0v) is 19.7. The molecule has 166 valence electrons. The summed E-state index contributed by atoms with van der Waals surface area (Å²) in [6.45, 7) is 6.11. The topological polar surface area (TPSA) is 93.3 Å². The Morgan fingerprint density at radius 3 is 2.28 bits per heavy atom. The number of thioether (sulfide) groups is 1. The highest BCUT2D eigenvalue weighted by Crippen LogP contribution is 2.31. The highest BCUT2D eigenvalue weighted by atomic mass is 32.2. The molecular formula is C24H25N3O3S2. The molecule has 8 heteroatoms. The van der Waals surface area contributed by atoms with Crippen LogP contribution in [0.3, 0.4) is 0 Å². The highest BCUT2D eigenvalue weighted by molar-refractivity contribution is 8.00. The zero-order chi connectivity index (χ0) is 23.1. The summed E-state index contributed by atoms with van der Waals surface area (Å²) >= 11 is 0.189. The monoisotopic (exact) mass is 467 g/mol. The normalized spacial score (nSPS) is 11.7. The summed E-state index contributed by atoms with van der Waals surface area (Å²) < 4.78 is 15.5. The third kappa shape index (κ3) is 6.53. The van der Waals surface area contributed by atoms with Crippen molar-refractivity contribution < 1.29 is 14.1 Å². The molecule has 0 spiro atoms. The molecule has 1 unspecified atom stereocenters. The maximum atomic E-state index is 12.7. The van der Waals surface area contributed by atoms with Crippen LogP contribution in [0.5, 0.6) is 0 Å². The summed E-state index contributed by atoms with van der Waals surface area (Å²) in [4.78, 5) is 25.1. The van der Waals surface area contributed by atoms with Crippen LogP contribution in [0.15, 0.2) is 76.5 Å². The summed E-state index contributed by atoms with van der Waals surface area (Å²) in [5.41, 5.74) is 3.50. The van der Waals surface area contributed by atoms with Crippen molar-refractivity contribution in [3.05, 3.63) is 77.9 Å². The van der Waals surface area contributed by atoms with Crippen LogP contribution in [0.2, 0.25) is 0 Å². The number of hydrogen-bond donors (Lipinski definition) is 3. The maximum Gasteiger partial charge on any atom is 0.255 e.